The molecule has 0 bridgehead atoms. The molecule has 0 amide bonds. The maximum atomic E-state index is 12.8. The Labute approximate surface area is 98.8 Å². The van der Waals surface area contributed by atoms with E-state index in [1.807, 2.05) is 0 Å². The quantitative estimate of drug-likeness (QED) is 0.630. The number of rotatable bonds is 1. The van der Waals surface area contributed by atoms with Crippen LogP contribution in [0.3, 0.4) is 0 Å². The van der Waals surface area contributed by atoms with Crippen LogP contribution in [0, 0.1) is 0 Å². The second-order valence-electron chi connectivity index (χ2n) is 3.57. The van der Waals surface area contributed by atoms with E-state index in [0.717, 1.165) is 12.1 Å². The van der Waals surface area contributed by atoms with Gasteiger partial charge >= 0.3 is 11.8 Å². The molecule has 0 saturated carbocycles. The van der Waals surface area contributed by atoms with Gasteiger partial charge in [-0.1, -0.05) is 0 Å². The third kappa shape index (κ3) is 1.99. The summed E-state index contributed by atoms with van der Waals surface area (Å²) in [5, 5.41) is -0.277. The molecule has 1 aromatic heterocycles. The maximum absolute atomic E-state index is 12.8. The fraction of sp³-hybridized carbons (Fsp3) is 0.182. The van der Waals surface area contributed by atoms with E-state index >= 15 is 0 Å². The Morgan fingerprint density at radius 2 is 1.94 bits per heavy atom. The van der Waals surface area contributed by atoms with E-state index in [1.54, 1.807) is 0 Å². The molecular weight excluding hydrogens is 251 g/mol. The first-order valence-corrected chi connectivity index (χ1v) is 4.81. The number of methoxy groups -OCH3 is 1. The fourth-order valence-electron chi connectivity index (χ4n) is 1.62. The van der Waals surface area contributed by atoms with Crippen molar-refractivity contribution < 1.29 is 22.3 Å². The third-order valence-corrected chi connectivity index (χ3v) is 2.40. The minimum Gasteiger partial charge on any atom is -0.494 e. The van der Waals surface area contributed by atoms with Crippen molar-refractivity contribution in [1.82, 2.24) is 0 Å². The van der Waals surface area contributed by atoms with E-state index in [-0.39, 0.29) is 22.4 Å². The van der Waals surface area contributed by atoms with Crippen LogP contribution in [0.2, 0.25) is 0 Å². The maximum Gasteiger partial charge on any atom is 0.417 e. The smallest absolute Gasteiger partial charge is 0.417 e. The van der Waals surface area contributed by atoms with Crippen LogP contribution in [0.25, 0.3) is 11.0 Å². The summed E-state index contributed by atoms with van der Waals surface area (Å²) in [6.45, 7) is 0. The van der Waals surface area contributed by atoms with Gasteiger partial charge < -0.3 is 14.9 Å². The summed E-state index contributed by atoms with van der Waals surface area (Å²) in [6.07, 6.45) is -4.66. The van der Waals surface area contributed by atoms with Crippen molar-refractivity contribution in [2.75, 3.05) is 12.8 Å². The molecule has 0 unspecified atom stereocenters. The van der Waals surface area contributed by atoms with E-state index in [0.29, 0.717) is 6.07 Å². The third-order valence-electron chi connectivity index (χ3n) is 2.40. The lowest BCUT2D eigenvalue weighted by Gasteiger charge is -2.11. The molecule has 0 radical (unpaired) electrons. The van der Waals surface area contributed by atoms with Crippen molar-refractivity contribution in [2.24, 2.45) is 0 Å². The van der Waals surface area contributed by atoms with E-state index < -0.39 is 17.4 Å². The van der Waals surface area contributed by atoms with Crippen molar-refractivity contribution in [3.05, 3.63) is 34.2 Å². The van der Waals surface area contributed by atoms with E-state index in [4.69, 9.17) is 14.9 Å². The first kappa shape index (κ1) is 12.3. The number of hydrogen-bond donors (Lipinski definition) is 1. The van der Waals surface area contributed by atoms with Crippen LogP contribution >= 0.6 is 0 Å². The summed E-state index contributed by atoms with van der Waals surface area (Å²) < 4.78 is 47.8. The second kappa shape index (κ2) is 3.94. The standard InChI is InChI=1S/C11H8F3NO3/c1-17-9-4-8-5(2-7(9)15)6(11(12,13)14)3-10(16)18-8/h2-4H,15H2,1H3. The second-order valence-corrected chi connectivity index (χ2v) is 3.57. The van der Waals surface area contributed by atoms with Crippen molar-refractivity contribution in [2.45, 2.75) is 6.18 Å². The monoisotopic (exact) mass is 259 g/mol. The number of anilines is 1. The summed E-state index contributed by atoms with van der Waals surface area (Å²) in [5.41, 5.74) is 3.18. The largest absolute Gasteiger partial charge is 0.494 e. The Bertz CT molecular complexity index is 661. The number of hydrogen-bond acceptors (Lipinski definition) is 4. The molecule has 2 aromatic rings. The Kier molecular flexibility index (Phi) is 2.68. The van der Waals surface area contributed by atoms with Gasteiger partial charge in [-0.15, -0.1) is 0 Å². The predicted octanol–water partition coefficient (Wildman–Crippen LogP) is 2.40. The minimum atomic E-state index is -4.66. The van der Waals surface area contributed by atoms with Gasteiger partial charge in [-0.05, 0) is 6.07 Å². The molecule has 1 heterocycles. The molecular formula is C11H8F3NO3. The van der Waals surface area contributed by atoms with Gasteiger partial charge in [0.05, 0.1) is 18.4 Å². The number of nitrogen functional groups attached to an aromatic ring is 1. The lowest BCUT2D eigenvalue weighted by Crippen LogP contribution is -2.11. The van der Waals surface area contributed by atoms with Crippen molar-refractivity contribution in [3.63, 3.8) is 0 Å². The first-order valence-electron chi connectivity index (χ1n) is 4.81. The zero-order valence-electron chi connectivity index (χ0n) is 9.17. The van der Waals surface area contributed by atoms with Crippen molar-refractivity contribution in [3.8, 4) is 5.75 Å². The van der Waals surface area contributed by atoms with Crippen LogP contribution in [0.4, 0.5) is 18.9 Å². The highest BCUT2D eigenvalue weighted by molar-refractivity contribution is 5.86. The highest BCUT2D eigenvalue weighted by Gasteiger charge is 2.34. The van der Waals surface area contributed by atoms with Gasteiger partial charge in [-0.3, -0.25) is 0 Å². The highest BCUT2D eigenvalue weighted by Crippen LogP contribution is 2.36. The number of benzene rings is 1. The van der Waals surface area contributed by atoms with Crippen molar-refractivity contribution in [1.29, 1.82) is 0 Å². The van der Waals surface area contributed by atoms with Gasteiger partial charge in [0.15, 0.2) is 0 Å². The minimum absolute atomic E-state index is 0.0318. The molecule has 0 spiro atoms. The van der Waals surface area contributed by atoms with Crippen LogP contribution in [0.1, 0.15) is 5.56 Å². The van der Waals surface area contributed by atoms with E-state index in [9.17, 15) is 18.0 Å². The number of fused-ring (bicyclic) bond motifs is 1. The Morgan fingerprint density at radius 3 is 2.50 bits per heavy atom. The summed E-state index contributed by atoms with van der Waals surface area (Å²) in [6, 6.07) is 2.62. The molecule has 0 atom stereocenters. The van der Waals surface area contributed by atoms with Crippen LogP contribution in [0.15, 0.2) is 27.4 Å². The topological polar surface area (TPSA) is 65.5 Å². The van der Waals surface area contributed by atoms with E-state index in [2.05, 4.69) is 0 Å². The number of nitrogens with two attached hydrogens (primary N) is 1. The van der Waals surface area contributed by atoms with Gasteiger partial charge in [0.2, 0.25) is 0 Å². The molecule has 0 aliphatic rings. The number of alkyl halides is 3. The molecule has 2 rings (SSSR count). The molecule has 0 fully saturated rings. The predicted molar refractivity (Wildman–Crippen MR) is 58.5 cm³/mol. The average molecular weight is 259 g/mol. The normalized spacial score (nSPS) is 11.8. The molecule has 7 heteroatoms. The summed E-state index contributed by atoms with van der Waals surface area (Å²) in [4.78, 5) is 11.1. The molecule has 1 aromatic carbocycles. The van der Waals surface area contributed by atoms with Gasteiger partial charge in [0, 0.05) is 17.5 Å². The lowest BCUT2D eigenvalue weighted by atomic mass is 10.1. The Balaban J connectivity index is 2.88. The van der Waals surface area contributed by atoms with Crippen molar-refractivity contribution >= 4 is 16.7 Å². The number of ether oxygens (including phenoxy) is 1. The molecule has 2 N–H and O–H groups in total. The summed E-state index contributed by atoms with van der Waals surface area (Å²) in [5.74, 6) is 0.143. The Hall–Kier alpha value is -2.18. The summed E-state index contributed by atoms with van der Waals surface area (Å²) in [7, 11) is 1.31. The zero-order chi connectivity index (χ0) is 13.5. The molecule has 0 saturated heterocycles. The van der Waals surface area contributed by atoms with Gasteiger partial charge in [0.1, 0.15) is 11.3 Å². The molecule has 18 heavy (non-hydrogen) atoms. The first-order chi connectivity index (χ1) is 8.32. The van der Waals surface area contributed by atoms with Crippen LogP contribution in [-0.2, 0) is 6.18 Å². The van der Waals surface area contributed by atoms with Gasteiger partial charge in [-0.25, -0.2) is 4.79 Å². The number of halogens is 3. The zero-order valence-corrected chi connectivity index (χ0v) is 9.17. The van der Waals surface area contributed by atoms with E-state index in [1.165, 1.54) is 7.11 Å². The SMILES string of the molecule is COc1cc2oc(=O)cc(C(F)(F)F)c2cc1N. The lowest BCUT2D eigenvalue weighted by molar-refractivity contribution is -0.136. The average Bonchev–Trinajstić information content (AvgIpc) is 2.26. The summed E-state index contributed by atoms with van der Waals surface area (Å²) >= 11 is 0. The Morgan fingerprint density at radius 1 is 1.28 bits per heavy atom. The molecule has 0 aliphatic heterocycles. The van der Waals surface area contributed by atoms with Crippen LogP contribution in [-0.4, -0.2) is 7.11 Å². The van der Waals surface area contributed by atoms with Gasteiger partial charge in [0.25, 0.3) is 0 Å². The highest BCUT2D eigenvalue weighted by atomic mass is 19.4. The van der Waals surface area contributed by atoms with Crippen LogP contribution in [0.5, 0.6) is 5.75 Å². The molecule has 96 valence electrons. The fourth-order valence-corrected chi connectivity index (χ4v) is 1.62. The van der Waals surface area contributed by atoms with Crippen LogP contribution < -0.4 is 16.1 Å². The molecule has 4 nitrogen and oxygen atoms in total. The molecule has 0 aliphatic carbocycles. The van der Waals surface area contributed by atoms with Gasteiger partial charge in [-0.2, -0.15) is 13.2 Å².